The fraction of sp³-hybridized carbons (Fsp3) is 0.125. The van der Waals surface area contributed by atoms with Crippen LogP contribution >= 0.6 is 0 Å². The Kier molecular flexibility index (Phi) is 3.28. The first-order chi connectivity index (χ1) is 6.97. The Morgan fingerprint density at radius 3 is 2.47 bits per heavy atom. The average molecular weight is 214 g/mol. The number of rotatable bonds is 3. The molecule has 0 aliphatic rings. The van der Waals surface area contributed by atoms with Crippen LogP contribution in [0.4, 0.5) is 4.39 Å². The number of carbonyl (C=O) groups is 1. The van der Waals surface area contributed by atoms with Crippen LogP contribution in [0.25, 0.3) is 0 Å². The first kappa shape index (κ1) is 11.5. The fourth-order valence-corrected chi connectivity index (χ4v) is 1.11. The van der Waals surface area contributed by atoms with Crippen LogP contribution in [0.3, 0.4) is 0 Å². The predicted molar refractivity (Wildman–Crippen MR) is 49.7 cm³/mol. The quantitative estimate of drug-likeness (QED) is 0.574. The molecule has 7 heteroatoms. The van der Waals surface area contributed by atoms with Crippen molar-refractivity contribution in [3.63, 3.8) is 0 Å². The molecule has 15 heavy (non-hydrogen) atoms. The Hall–Kier alpha value is -1.60. The van der Waals surface area contributed by atoms with E-state index in [0.717, 1.165) is 12.1 Å². The van der Waals surface area contributed by atoms with E-state index in [1.54, 1.807) is 0 Å². The SMILES string of the molecule is COc1cc(F)c(B(O)O)cc1C(=O)O. The lowest BCUT2D eigenvalue weighted by molar-refractivity contribution is 0.0693. The molecule has 3 N–H and O–H groups in total. The number of ether oxygens (including phenoxy) is 1. The Morgan fingerprint density at radius 1 is 1.47 bits per heavy atom. The van der Waals surface area contributed by atoms with Gasteiger partial charge in [0.1, 0.15) is 17.1 Å². The molecule has 0 aliphatic heterocycles. The van der Waals surface area contributed by atoms with Crippen molar-refractivity contribution in [1.29, 1.82) is 0 Å². The van der Waals surface area contributed by atoms with E-state index in [1.165, 1.54) is 7.11 Å². The molecule has 0 bridgehead atoms. The van der Waals surface area contributed by atoms with Gasteiger partial charge in [0, 0.05) is 11.5 Å². The van der Waals surface area contributed by atoms with Crippen LogP contribution in [0.5, 0.6) is 5.75 Å². The van der Waals surface area contributed by atoms with Gasteiger partial charge in [-0.05, 0) is 6.07 Å². The highest BCUT2D eigenvalue weighted by atomic mass is 19.1. The number of aromatic carboxylic acids is 1. The highest BCUT2D eigenvalue weighted by molar-refractivity contribution is 6.58. The van der Waals surface area contributed by atoms with Crippen LogP contribution in [-0.2, 0) is 0 Å². The van der Waals surface area contributed by atoms with Crippen molar-refractivity contribution >= 4 is 18.6 Å². The number of methoxy groups -OCH3 is 1. The lowest BCUT2D eigenvalue weighted by Gasteiger charge is -2.08. The van der Waals surface area contributed by atoms with E-state index in [-0.39, 0.29) is 11.3 Å². The van der Waals surface area contributed by atoms with Gasteiger partial charge in [-0.1, -0.05) is 0 Å². The molecule has 0 radical (unpaired) electrons. The molecule has 0 aromatic heterocycles. The van der Waals surface area contributed by atoms with Crippen molar-refractivity contribution in [3.05, 3.63) is 23.5 Å². The van der Waals surface area contributed by atoms with Crippen molar-refractivity contribution < 1.29 is 29.1 Å². The summed E-state index contributed by atoms with van der Waals surface area (Å²) in [5, 5.41) is 26.2. The minimum absolute atomic E-state index is 0.176. The minimum atomic E-state index is -2.06. The normalized spacial score (nSPS) is 9.87. The maximum absolute atomic E-state index is 13.1. The number of hydrogen-bond acceptors (Lipinski definition) is 4. The summed E-state index contributed by atoms with van der Waals surface area (Å²) in [7, 11) is -0.870. The van der Waals surface area contributed by atoms with E-state index in [4.69, 9.17) is 15.2 Å². The molecule has 1 aromatic rings. The first-order valence-corrected chi connectivity index (χ1v) is 3.94. The summed E-state index contributed by atoms with van der Waals surface area (Å²) in [5.74, 6) is -2.45. The van der Waals surface area contributed by atoms with Gasteiger partial charge >= 0.3 is 13.1 Å². The number of benzene rings is 1. The Labute approximate surface area is 84.9 Å². The average Bonchev–Trinajstić information content (AvgIpc) is 2.16. The van der Waals surface area contributed by atoms with Crippen LogP contribution in [-0.4, -0.2) is 35.4 Å². The first-order valence-electron chi connectivity index (χ1n) is 3.94. The summed E-state index contributed by atoms with van der Waals surface area (Å²) in [4.78, 5) is 10.7. The second kappa shape index (κ2) is 4.29. The van der Waals surface area contributed by atoms with Crippen LogP contribution in [0.2, 0.25) is 0 Å². The summed E-state index contributed by atoms with van der Waals surface area (Å²) < 4.78 is 17.8. The summed E-state index contributed by atoms with van der Waals surface area (Å²) in [6, 6.07) is 1.61. The van der Waals surface area contributed by atoms with Gasteiger partial charge in [0.25, 0.3) is 0 Å². The zero-order valence-corrected chi connectivity index (χ0v) is 7.77. The molecule has 1 rings (SSSR count). The predicted octanol–water partition coefficient (Wildman–Crippen LogP) is -0.788. The number of carboxylic acids is 1. The molecule has 0 atom stereocenters. The van der Waals surface area contributed by atoms with Crippen molar-refractivity contribution in [2.24, 2.45) is 0 Å². The van der Waals surface area contributed by atoms with Gasteiger partial charge in [-0.3, -0.25) is 0 Å². The molecule has 0 spiro atoms. The molecule has 0 saturated carbocycles. The molecule has 80 valence electrons. The van der Waals surface area contributed by atoms with Crippen molar-refractivity contribution in [3.8, 4) is 5.75 Å². The molecule has 5 nitrogen and oxygen atoms in total. The standard InChI is InChI=1S/C8H8BFO5/c1-15-7-3-6(10)5(9(13)14)2-4(7)8(11)12/h2-3,13-14H,1H3,(H,11,12). The van der Waals surface area contributed by atoms with E-state index < -0.39 is 24.4 Å². The second-order valence-corrected chi connectivity index (χ2v) is 2.75. The van der Waals surface area contributed by atoms with Gasteiger partial charge in [-0.15, -0.1) is 0 Å². The summed E-state index contributed by atoms with van der Waals surface area (Å²) >= 11 is 0. The molecule has 0 fully saturated rings. The molecule has 0 amide bonds. The highest BCUT2D eigenvalue weighted by Gasteiger charge is 2.22. The number of carboxylic acid groups (broad SMARTS) is 1. The third-order valence-electron chi connectivity index (χ3n) is 1.83. The van der Waals surface area contributed by atoms with E-state index in [0.29, 0.717) is 0 Å². The molecule has 0 heterocycles. The van der Waals surface area contributed by atoms with E-state index >= 15 is 0 Å². The van der Waals surface area contributed by atoms with Crippen molar-refractivity contribution in [1.82, 2.24) is 0 Å². The third kappa shape index (κ3) is 2.25. The van der Waals surface area contributed by atoms with Crippen LogP contribution in [0, 0.1) is 5.82 Å². The minimum Gasteiger partial charge on any atom is -0.496 e. The lowest BCUT2D eigenvalue weighted by atomic mass is 9.79. The van der Waals surface area contributed by atoms with Gasteiger partial charge < -0.3 is 19.9 Å². The lowest BCUT2D eigenvalue weighted by Crippen LogP contribution is -2.33. The molecule has 0 saturated heterocycles. The van der Waals surface area contributed by atoms with Crippen LogP contribution < -0.4 is 10.2 Å². The molecule has 1 aromatic carbocycles. The number of hydrogen-bond donors (Lipinski definition) is 3. The maximum atomic E-state index is 13.1. The molecular weight excluding hydrogens is 206 g/mol. The van der Waals surface area contributed by atoms with Crippen molar-refractivity contribution in [2.45, 2.75) is 0 Å². The fourth-order valence-electron chi connectivity index (χ4n) is 1.11. The monoisotopic (exact) mass is 214 g/mol. The van der Waals surface area contributed by atoms with E-state index in [1.807, 2.05) is 0 Å². The van der Waals surface area contributed by atoms with E-state index in [2.05, 4.69) is 4.74 Å². The van der Waals surface area contributed by atoms with Gasteiger partial charge in [0.15, 0.2) is 0 Å². The summed E-state index contributed by atoms with van der Waals surface area (Å²) in [6.45, 7) is 0. The number of halogens is 1. The Balaban J connectivity index is 3.37. The third-order valence-corrected chi connectivity index (χ3v) is 1.83. The zero-order valence-electron chi connectivity index (χ0n) is 7.77. The molecule has 0 aliphatic carbocycles. The Bertz CT molecular complexity index is 393. The van der Waals surface area contributed by atoms with Gasteiger partial charge in [-0.2, -0.15) is 0 Å². The van der Waals surface area contributed by atoms with Crippen LogP contribution in [0.1, 0.15) is 10.4 Å². The highest BCUT2D eigenvalue weighted by Crippen LogP contribution is 2.18. The van der Waals surface area contributed by atoms with Gasteiger partial charge in [0.2, 0.25) is 0 Å². The van der Waals surface area contributed by atoms with Gasteiger partial charge in [-0.25, -0.2) is 9.18 Å². The van der Waals surface area contributed by atoms with Crippen LogP contribution in [0.15, 0.2) is 12.1 Å². The second-order valence-electron chi connectivity index (χ2n) is 2.75. The summed E-state index contributed by atoms with van der Waals surface area (Å²) in [6.07, 6.45) is 0. The maximum Gasteiger partial charge on any atom is 0.491 e. The molecule has 0 unspecified atom stereocenters. The topological polar surface area (TPSA) is 87.0 Å². The Morgan fingerprint density at radius 2 is 2.07 bits per heavy atom. The van der Waals surface area contributed by atoms with E-state index in [9.17, 15) is 9.18 Å². The smallest absolute Gasteiger partial charge is 0.491 e. The molecular formula is C8H8BFO5. The largest absolute Gasteiger partial charge is 0.496 e. The van der Waals surface area contributed by atoms with Crippen molar-refractivity contribution in [2.75, 3.05) is 7.11 Å². The van der Waals surface area contributed by atoms with Gasteiger partial charge in [0.05, 0.1) is 7.11 Å². The summed E-state index contributed by atoms with van der Waals surface area (Å²) in [5.41, 5.74) is -0.838. The zero-order chi connectivity index (χ0) is 11.6.